The molecule has 1 aliphatic heterocycles. The van der Waals surface area contributed by atoms with Gasteiger partial charge in [-0.05, 0) is 36.8 Å². The Morgan fingerprint density at radius 1 is 1.35 bits per heavy atom. The second kappa shape index (κ2) is 8.82. The molecule has 0 bridgehead atoms. The van der Waals surface area contributed by atoms with Gasteiger partial charge in [-0.1, -0.05) is 35.0 Å². The lowest BCUT2D eigenvalue weighted by atomic mass is 10.2. The zero-order valence-corrected chi connectivity index (χ0v) is 17.4. The van der Waals surface area contributed by atoms with Gasteiger partial charge >= 0.3 is 0 Å². The van der Waals surface area contributed by atoms with Crippen LogP contribution in [0.15, 0.2) is 51.8 Å². The van der Waals surface area contributed by atoms with Gasteiger partial charge < -0.3 is 15.0 Å². The van der Waals surface area contributed by atoms with Crippen molar-refractivity contribution in [3.8, 4) is 5.75 Å². The third-order valence-corrected chi connectivity index (χ3v) is 6.34. The highest BCUT2D eigenvalue weighted by Crippen LogP contribution is 2.39. The molecule has 6 heteroatoms. The Kier molecular flexibility index (Phi) is 6.48. The average molecular weight is 435 g/mol. The molecule has 3 rings (SSSR count). The minimum Gasteiger partial charge on any atom is -0.496 e. The van der Waals surface area contributed by atoms with Crippen LogP contribution in [0.25, 0.3) is 0 Å². The number of carbonyl (C=O) groups is 1. The van der Waals surface area contributed by atoms with Gasteiger partial charge in [0.25, 0.3) is 0 Å². The number of hydrogen-bond acceptors (Lipinski definition) is 4. The number of amides is 1. The van der Waals surface area contributed by atoms with E-state index in [4.69, 9.17) is 4.74 Å². The third kappa shape index (κ3) is 4.54. The molecule has 4 nitrogen and oxygen atoms in total. The zero-order valence-electron chi connectivity index (χ0n) is 15.0. The number of ether oxygens (including phenoxy) is 1. The SMILES string of the molecule is CC[C@@H]1CN(CC(=O)NCc2cc(Br)ccc2OC)c2ccccc2S1. The zero-order chi connectivity index (χ0) is 18.5. The molecule has 0 radical (unpaired) electrons. The maximum atomic E-state index is 12.6. The number of rotatable bonds is 6. The van der Waals surface area contributed by atoms with E-state index in [0.717, 1.165) is 34.4 Å². The molecule has 1 heterocycles. The molecule has 0 saturated carbocycles. The molecule has 2 aromatic carbocycles. The third-order valence-electron chi connectivity index (χ3n) is 4.43. The number of methoxy groups -OCH3 is 1. The van der Waals surface area contributed by atoms with Gasteiger partial charge in [0.1, 0.15) is 5.75 Å². The largest absolute Gasteiger partial charge is 0.496 e. The lowest BCUT2D eigenvalue weighted by molar-refractivity contribution is -0.119. The topological polar surface area (TPSA) is 41.6 Å². The standard InChI is InChI=1S/C20H23BrN2O2S/c1-3-16-12-23(17-6-4-5-7-19(17)26-16)13-20(24)22-11-14-10-15(21)8-9-18(14)25-2/h4-10,16H,3,11-13H2,1-2H3,(H,22,24)/t16-/m1/s1. The van der Waals surface area contributed by atoms with Gasteiger partial charge in [-0.15, -0.1) is 11.8 Å². The molecule has 138 valence electrons. The predicted octanol–water partition coefficient (Wildman–Crippen LogP) is 4.46. The number of anilines is 1. The Bertz CT molecular complexity index is 784. The minimum atomic E-state index is 0.0172. The summed E-state index contributed by atoms with van der Waals surface area (Å²) in [5, 5.41) is 3.54. The van der Waals surface area contributed by atoms with E-state index in [-0.39, 0.29) is 5.91 Å². The minimum absolute atomic E-state index is 0.0172. The molecule has 0 fully saturated rings. The number of thioether (sulfide) groups is 1. The second-order valence-corrected chi connectivity index (χ2v) is 8.49. The summed E-state index contributed by atoms with van der Waals surface area (Å²) in [5.41, 5.74) is 2.11. The number of nitrogens with one attached hydrogen (secondary N) is 1. The Morgan fingerprint density at radius 2 is 2.15 bits per heavy atom. The lowest BCUT2D eigenvalue weighted by Gasteiger charge is -2.34. The maximum Gasteiger partial charge on any atom is 0.239 e. The van der Waals surface area contributed by atoms with Gasteiger partial charge in [0.2, 0.25) is 5.91 Å². The van der Waals surface area contributed by atoms with E-state index in [1.54, 1.807) is 7.11 Å². The molecule has 0 spiro atoms. The van der Waals surface area contributed by atoms with E-state index in [1.165, 1.54) is 4.90 Å². The second-order valence-electron chi connectivity index (χ2n) is 6.23. The summed E-state index contributed by atoms with van der Waals surface area (Å²) in [6.45, 7) is 3.91. The van der Waals surface area contributed by atoms with Gasteiger partial charge in [-0.2, -0.15) is 0 Å². The summed E-state index contributed by atoms with van der Waals surface area (Å²) in [4.78, 5) is 16.0. The van der Waals surface area contributed by atoms with E-state index >= 15 is 0 Å². The number of hydrogen-bond donors (Lipinski definition) is 1. The Balaban J connectivity index is 1.66. The van der Waals surface area contributed by atoms with Crippen molar-refractivity contribution in [2.24, 2.45) is 0 Å². The number of carbonyl (C=O) groups excluding carboxylic acids is 1. The lowest BCUT2D eigenvalue weighted by Crippen LogP contribution is -2.42. The fraction of sp³-hybridized carbons (Fsp3) is 0.350. The van der Waals surface area contributed by atoms with Crippen LogP contribution in [0.5, 0.6) is 5.75 Å². The van der Waals surface area contributed by atoms with Crippen molar-refractivity contribution in [1.29, 1.82) is 0 Å². The highest BCUT2D eigenvalue weighted by Gasteiger charge is 2.25. The first-order chi connectivity index (χ1) is 12.6. The van der Waals surface area contributed by atoms with E-state index in [9.17, 15) is 4.79 Å². The highest BCUT2D eigenvalue weighted by atomic mass is 79.9. The van der Waals surface area contributed by atoms with Crippen molar-refractivity contribution in [3.05, 3.63) is 52.5 Å². The van der Waals surface area contributed by atoms with E-state index in [0.29, 0.717) is 18.3 Å². The van der Waals surface area contributed by atoms with E-state index in [1.807, 2.05) is 36.0 Å². The van der Waals surface area contributed by atoms with Crippen LogP contribution in [0.4, 0.5) is 5.69 Å². The van der Waals surface area contributed by atoms with Crippen LogP contribution >= 0.6 is 27.7 Å². The molecule has 0 aliphatic carbocycles. The van der Waals surface area contributed by atoms with Crippen molar-refractivity contribution in [3.63, 3.8) is 0 Å². The highest BCUT2D eigenvalue weighted by molar-refractivity contribution is 9.10. The van der Waals surface area contributed by atoms with Crippen molar-refractivity contribution >= 4 is 39.3 Å². The van der Waals surface area contributed by atoms with Crippen LogP contribution in [-0.2, 0) is 11.3 Å². The van der Waals surface area contributed by atoms with Gasteiger partial charge in [-0.25, -0.2) is 0 Å². The molecule has 1 atom stereocenters. The molecule has 2 aromatic rings. The number of halogens is 1. The Labute approximate surface area is 167 Å². The number of fused-ring (bicyclic) bond motifs is 1. The van der Waals surface area contributed by atoms with Gasteiger partial charge in [-0.3, -0.25) is 4.79 Å². The summed E-state index contributed by atoms with van der Waals surface area (Å²) >= 11 is 5.38. The Hall–Kier alpha value is -1.66. The molecule has 0 saturated heterocycles. The molecular formula is C20H23BrN2O2S. The van der Waals surface area contributed by atoms with Crippen LogP contribution in [-0.4, -0.2) is 31.4 Å². The Morgan fingerprint density at radius 3 is 2.92 bits per heavy atom. The van der Waals surface area contributed by atoms with Crippen molar-refractivity contribution in [2.75, 3.05) is 25.1 Å². The number of benzene rings is 2. The predicted molar refractivity (Wildman–Crippen MR) is 111 cm³/mol. The van der Waals surface area contributed by atoms with Crippen LogP contribution in [0.1, 0.15) is 18.9 Å². The van der Waals surface area contributed by atoms with Crippen molar-refractivity contribution in [1.82, 2.24) is 5.32 Å². The van der Waals surface area contributed by atoms with E-state index in [2.05, 4.69) is 51.3 Å². The summed E-state index contributed by atoms with van der Waals surface area (Å²) < 4.78 is 6.34. The van der Waals surface area contributed by atoms with Crippen LogP contribution in [0.2, 0.25) is 0 Å². The first-order valence-electron chi connectivity index (χ1n) is 8.70. The van der Waals surface area contributed by atoms with E-state index < -0.39 is 0 Å². The molecular weight excluding hydrogens is 412 g/mol. The molecule has 0 unspecified atom stereocenters. The number of para-hydroxylation sites is 1. The van der Waals surface area contributed by atoms with Gasteiger partial charge in [0.05, 0.1) is 19.3 Å². The fourth-order valence-electron chi connectivity index (χ4n) is 3.05. The molecule has 1 amide bonds. The monoisotopic (exact) mass is 434 g/mol. The van der Waals surface area contributed by atoms with Crippen LogP contribution < -0.4 is 15.0 Å². The first-order valence-corrected chi connectivity index (χ1v) is 10.4. The van der Waals surface area contributed by atoms with Crippen LogP contribution in [0.3, 0.4) is 0 Å². The molecule has 26 heavy (non-hydrogen) atoms. The first kappa shape index (κ1) is 19.1. The van der Waals surface area contributed by atoms with Gasteiger partial charge in [0, 0.05) is 33.3 Å². The molecule has 1 N–H and O–H groups in total. The smallest absolute Gasteiger partial charge is 0.239 e. The maximum absolute atomic E-state index is 12.6. The van der Waals surface area contributed by atoms with Crippen molar-refractivity contribution < 1.29 is 9.53 Å². The fourth-order valence-corrected chi connectivity index (χ4v) is 4.71. The summed E-state index contributed by atoms with van der Waals surface area (Å²) in [6.07, 6.45) is 1.09. The van der Waals surface area contributed by atoms with Gasteiger partial charge in [0.15, 0.2) is 0 Å². The molecule has 0 aromatic heterocycles. The van der Waals surface area contributed by atoms with Crippen LogP contribution in [0, 0.1) is 0 Å². The normalized spacial score (nSPS) is 16.1. The summed E-state index contributed by atoms with van der Waals surface area (Å²) in [7, 11) is 1.64. The summed E-state index contributed by atoms with van der Waals surface area (Å²) in [6, 6.07) is 14.1. The average Bonchev–Trinajstić information content (AvgIpc) is 2.66. The quantitative estimate of drug-likeness (QED) is 0.728. The summed E-state index contributed by atoms with van der Waals surface area (Å²) in [5.74, 6) is 0.794. The number of nitrogens with zero attached hydrogens (tertiary/aromatic N) is 1. The van der Waals surface area contributed by atoms with Crippen molar-refractivity contribution in [2.45, 2.75) is 30.0 Å². The molecule has 1 aliphatic rings.